The van der Waals surface area contributed by atoms with Crippen LogP contribution >= 0.6 is 15.9 Å². The van der Waals surface area contributed by atoms with Crippen molar-refractivity contribution >= 4 is 15.9 Å². The Kier molecular flexibility index (Phi) is 3.27. The number of ether oxygens (including phenoxy) is 1. The second-order valence-corrected chi connectivity index (χ2v) is 4.53. The van der Waals surface area contributed by atoms with E-state index in [4.69, 9.17) is 4.74 Å². The lowest BCUT2D eigenvalue weighted by molar-refractivity contribution is -0.0326. The molecule has 7 heteroatoms. The molecule has 0 unspecified atom stereocenters. The summed E-state index contributed by atoms with van der Waals surface area (Å²) in [5, 5.41) is 8.54. The number of hydrogen-bond donors (Lipinski definition) is 2. The second-order valence-electron chi connectivity index (χ2n) is 3.60. The molecule has 1 aliphatic heterocycles. The predicted octanol–water partition coefficient (Wildman–Crippen LogP) is -0.0725. The predicted molar refractivity (Wildman–Crippen MR) is 59.4 cm³/mol. The van der Waals surface area contributed by atoms with Crippen molar-refractivity contribution in [1.29, 1.82) is 0 Å². The Morgan fingerprint density at radius 2 is 2.31 bits per heavy atom. The summed E-state index contributed by atoms with van der Waals surface area (Å²) in [5.74, 6) is 0. The van der Waals surface area contributed by atoms with Crippen LogP contribution in [0.5, 0.6) is 0 Å². The number of hydrogen-bond acceptors (Lipinski definition) is 4. The van der Waals surface area contributed by atoms with Gasteiger partial charge in [-0.2, -0.15) is 0 Å². The highest BCUT2D eigenvalue weighted by molar-refractivity contribution is 9.09. The van der Waals surface area contributed by atoms with Crippen LogP contribution in [-0.4, -0.2) is 25.8 Å². The van der Waals surface area contributed by atoms with E-state index in [2.05, 4.69) is 20.9 Å². The zero-order valence-corrected chi connectivity index (χ0v) is 9.88. The van der Waals surface area contributed by atoms with Gasteiger partial charge in [-0.05, 0) is 12.8 Å². The smallest absolute Gasteiger partial charge is 0.330 e. The molecule has 2 rings (SSSR count). The van der Waals surface area contributed by atoms with E-state index in [9.17, 15) is 14.7 Å². The van der Waals surface area contributed by atoms with Gasteiger partial charge in [-0.1, -0.05) is 15.9 Å². The van der Waals surface area contributed by atoms with E-state index >= 15 is 0 Å². The van der Waals surface area contributed by atoms with Crippen molar-refractivity contribution < 1.29 is 9.84 Å². The fraction of sp³-hybridized carbons (Fsp3) is 0.556. The van der Waals surface area contributed by atoms with Crippen LogP contribution in [0.3, 0.4) is 0 Å². The number of aromatic nitrogens is 2. The maximum atomic E-state index is 11.5. The molecule has 1 aromatic heterocycles. The standard InChI is InChI=1S/C9H11BrN2O4/c10-8(14)5-1-2-7(16-5)12-4-3-6(13)11-9(12)15/h3-5,7-8,14H,1-2H2,(H,11,13,15)/t5-,7+,8+/m0/s1. The number of alkyl halides is 1. The summed E-state index contributed by atoms with van der Waals surface area (Å²) in [6, 6.07) is 1.27. The highest BCUT2D eigenvalue weighted by Crippen LogP contribution is 2.30. The van der Waals surface area contributed by atoms with E-state index in [1.807, 2.05) is 0 Å². The van der Waals surface area contributed by atoms with Gasteiger partial charge in [0.1, 0.15) is 11.2 Å². The minimum atomic E-state index is -0.740. The molecule has 1 saturated heterocycles. The average Bonchev–Trinajstić information content (AvgIpc) is 2.66. The Morgan fingerprint density at radius 3 is 2.88 bits per heavy atom. The minimum Gasteiger partial charge on any atom is -0.379 e. The van der Waals surface area contributed by atoms with Crippen LogP contribution in [0.4, 0.5) is 0 Å². The summed E-state index contributed by atoms with van der Waals surface area (Å²) in [7, 11) is 0. The molecule has 0 radical (unpaired) electrons. The Hall–Kier alpha value is -0.920. The molecule has 1 aromatic rings. The van der Waals surface area contributed by atoms with Gasteiger partial charge in [0.25, 0.3) is 5.56 Å². The van der Waals surface area contributed by atoms with Crippen LogP contribution in [0, 0.1) is 0 Å². The normalized spacial score (nSPS) is 26.9. The molecular formula is C9H11BrN2O4. The van der Waals surface area contributed by atoms with Gasteiger partial charge in [-0.3, -0.25) is 14.3 Å². The molecule has 16 heavy (non-hydrogen) atoms. The summed E-state index contributed by atoms with van der Waals surface area (Å²) in [6.07, 6.45) is 1.92. The molecule has 6 nitrogen and oxygen atoms in total. The minimum absolute atomic E-state index is 0.330. The Bertz CT molecular complexity index is 481. The summed E-state index contributed by atoms with van der Waals surface area (Å²) in [5.41, 5.74) is -0.932. The molecule has 0 aromatic carbocycles. The third kappa shape index (κ3) is 2.26. The molecular weight excluding hydrogens is 280 g/mol. The van der Waals surface area contributed by atoms with Gasteiger partial charge in [-0.15, -0.1) is 0 Å². The van der Waals surface area contributed by atoms with Crippen LogP contribution in [0.15, 0.2) is 21.9 Å². The topological polar surface area (TPSA) is 84.3 Å². The number of nitrogens with one attached hydrogen (secondary N) is 1. The number of aliphatic hydroxyl groups excluding tert-OH is 1. The third-order valence-corrected chi connectivity index (χ3v) is 3.09. The van der Waals surface area contributed by atoms with E-state index in [0.29, 0.717) is 12.8 Å². The number of aliphatic hydroxyl groups is 1. The maximum Gasteiger partial charge on any atom is 0.330 e. The largest absolute Gasteiger partial charge is 0.379 e. The van der Waals surface area contributed by atoms with Crippen LogP contribution in [0.25, 0.3) is 0 Å². The fourth-order valence-electron chi connectivity index (χ4n) is 1.71. The monoisotopic (exact) mass is 290 g/mol. The van der Waals surface area contributed by atoms with Crippen LogP contribution in [-0.2, 0) is 4.74 Å². The quantitative estimate of drug-likeness (QED) is 0.747. The highest BCUT2D eigenvalue weighted by atomic mass is 79.9. The van der Waals surface area contributed by atoms with Crippen molar-refractivity contribution in [1.82, 2.24) is 9.55 Å². The van der Waals surface area contributed by atoms with Gasteiger partial charge < -0.3 is 9.84 Å². The molecule has 0 saturated carbocycles. The highest BCUT2D eigenvalue weighted by Gasteiger charge is 2.30. The molecule has 2 heterocycles. The molecule has 88 valence electrons. The summed E-state index contributed by atoms with van der Waals surface area (Å²) >= 11 is 3.02. The maximum absolute atomic E-state index is 11.5. The number of aromatic amines is 1. The molecule has 2 N–H and O–H groups in total. The van der Waals surface area contributed by atoms with E-state index in [0.717, 1.165) is 0 Å². The van der Waals surface area contributed by atoms with E-state index in [1.165, 1.54) is 16.8 Å². The number of rotatable bonds is 2. The number of H-pyrrole nitrogens is 1. The lowest BCUT2D eigenvalue weighted by atomic mass is 10.2. The molecule has 0 aliphatic carbocycles. The summed E-state index contributed by atoms with van der Waals surface area (Å²) in [6.45, 7) is 0. The zero-order valence-electron chi connectivity index (χ0n) is 8.30. The van der Waals surface area contributed by atoms with Crippen LogP contribution in [0.1, 0.15) is 19.1 Å². The molecule has 1 aliphatic rings. The summed E-state index contributed by atoms with van der Waals surface area (Å²) in [4.78, 5) is 24.5. The first-order chi connectivity index (χ1) is 7.58. The second kappa shape index (κ2) is 4.52. The van der Waals surface area contributed by atoms with Crippen molar-refractivity contribution in [2.45, 2.75) is 30.2 Å². The SMILES string of the molecule is O=c1ccn([C@H]2CC[C@@H]([C@@H](O)Br)O2)c(=O)[nH]1. The lowest BCUT2D eigenvalue weighted by Gasteiger charge is -2.16. The van der Waals surface area contributed by atoms with E-state index in [-0.39, 0.29) is 6.10 Å². The van der Waals surface area contributed by atoms with Crippen molar-refractivity contribution in [3.63, 3.8) is 0 Å². The van der Waals surface area contributed by atoms with Gasteiger partial charge in [0.15, 0.2) is 0 Å². The van der Waals surface area contributed by atoms with Crippen molar-refractivity contribution in [3.05, 3.63) is 33.1 Å². The van der Waals surface area contributed by atoms with Crippen molar-refractivity contribution in [2.75, 3.05) is 0 Å². The van der Waals surface area contributed by atoms with E-state index < -0.39 is 22.5 Å². The van der Waals surface area contributed by atoms with E-state index in [1.54, 1.807) is 0 Å². The van der Waals surface area contributed by atoms with Crippen molar-refractivity contribution in [2.24, 2.45) is 0 Å². The first kappa shape index (κ1) is 11.6. The molecule has 0 bridgehead atoms. The van der Waals surface area contributed by atoms with Gasteiger partial charge in [0.2, 0.25) is 0 Å². The molecule has 0 amide bonds. The van der Waals surface area contributed by atoms with Gasteiger partial charge in [-0.25, -0.2) is 4.79 Å². The first-order valence-corrected chi connectivity index (χ1v) is 5.78. The zero-order chi connectivity index (χ0) is 11.7. The number of nitrogens with zero attached hydrogens (tertiary/aromatic N) is 1. The third-order valence-electron chi connectivity index (χ3n) is 2.50. The average molecular weight is 291 g/mol. The Balaban J connectivity index is 2.21. The van der Waals surface area contributed by atoms with Crippen LogP contribution < -0.4 is 11.2 Å². The summed E-state index contributed by atoms with van der Waals surface area (Å²) < 4.78 is 6.79. The fourth-order valence-corrected chi connectivity index (χ4v) is 2.09. The van der Waals surface area contributed by atoms with Gasteiger partial charge in [0, 0.05) is 12.3 Å². The molecule has 1 fully saturated rings. The Labute approximate surface area is 99.0 Å². The lowest BCUT2D eigenvalue weighted by Crippen LogP contribution is -2.32. The van der Waals surface area contributed by atoms with Crippen LogP contribution in [0.2, 0.25) is 0 Å². The molecule has 3 atom stereocenters. The first-order valence-electron chi connectivity index (χ1n) is 4.87. The van der Waals surface area contributed by atoms with Gasteiger partial charge in [0.05, 0.1) is 6.10 Å². The molecule has 0 spiro atoms. The van der Waals surface area contributed by atoms with Crippen molar-refractivity contribution in [3.8, 4) is 0 Å². The van der Waals surface area contributed by atoms with Gasteiger partial charge >= 0.3 is 5.69 Å². The Morgan fingerprint density at radius 1 is 1.56 bits per heavy atom. The number of halogens is 1.